The van der Waals surface area contributed by atoms with E-state index in [0.29, 0.717) is 6.54 Å². The number of rotatable bonds is 0. The summed E-state index contributed by atoms with van der Waals surface area (Å²) in [5, 5.41) is 1.12. The van der Waals surface area contributed by atoms with E-state index in [1.54, 1.807) is 0 Å². The summed E-state index contributed by atoms with van der Waals surface area (Å²) in [5.74, 6) is 5.40. The smallest absolute Gasteiger partial charge is 0.424 e. The van der Waals surface area contributed by atoms with Crippen molar-refractivity contribution in [1.29, 1.82) is 0 Å². The van der Waals surface area contributed by atoms with Gasteiger partial charge in [-0.05, 0) is 6.92 Å². The van der Waals surface area contributed by atoms with Gasteiger partial charge in [0.15, 0.2) is 0 Å². The topological polar surface area (TPSA) is 55.6 Å². The van der Waals surface area contributed by atoms with Crippen molar-refractivity contribution in [3.63, 3.8) is 0 Å². The molecular weight excluding hydrogens is 168 g/mol. The first-order valence-electron chi connectivity index (χ1n) is 4.51. The second-order valence-corrected chi connectivity index (χ2v) is 4.79. The third-order valence-electron chi connectivity index (χ3n) is 2.96. The molecule has 4 nitrogen and oxygen atoms in total. The van der Waals surface area contributed by atoms with Crippen molar-refractivity contribution in [2.45, 2.75) is 39.7 Å². The number of carbonyl (C=O) groups excluding carboxylic acids is 1. The minimum absolute atomic E-state index is 0.0517. The minimum Gasteiger partial charge on any atom is -0.442 e. The molecule has 0 spiro atoms. The molecule has 0 aromatic rings. The number of hydrazine groups is 1. The first kappa shape index (κ1) is 10.3. The monoisotopic (exact) mass is 186 g/mol. The standard InChI is InChI=1S/C9H18N2O2/c1-8(2,3)9(4)5-6-11(10)7(12)13-9/h5-6,10H2,1-4H3. The first-order chi connectivity index (χ1) is 5.76. The fourth-order valence-electron chi connectivity index (χ4n) is 1.26. The van der Waals surface area contributed by atoms with Crippen molar-refractivity contribution in [3.05, 3.63) is 0 Å². The largest absolute Gasteiger partial charge is 0.442 e. The Hall–Kier alpha value is -0.770. The Kier molecular flexibility index (Phi) is 2.28. The van der Waals surface area contributed by atoms with Gasteiger partial charge in [-0.2, -0.15) is 0 Å². The fourth-order valence-corrected chi connectivity index (χ4v) is 1.26. The molecule has 1 heterocycles. The molecule has 1 amide bonds. The number of hydrogen-bond donors (Lipinski definition) is 1. The summed E-state index contributed by atoms with van der Waals surface area (Å²) in [6.45, 7) is 8.70. The number of nitrogens with two attached hydrogens (primary N) is 1. The highest BCUT2D eigenvalue weighted by Gasteiger charge is 2.44. The Morgan fingerprint density at radius 1 is 1.54 bits per heavy atom. The molecule has 0 aliphatic carbocycles. The van der Waals surface area contributed by atoms with Crippen LogP contribution >= 0.6 is 0 Å². The molecule has 1 saturated heterocycles. The third kappa shape index (κ3) is 1.77. The highest BCUT2D eigenvalue weighted by atomic mass is 16.6. The lowest BCUT2D eigenvalue weighted by Gasteiger charge is -2.45. The van der Waals surface area contributed by atoms with E-state index < -0.39 is 11.7 Å². The lowest BCUT2D eigenvalue weighted by Crippen LogP contribution is -2.56. The summed E-state index contributed by atoms with van der Waals surface area (Å²) in [5.41, 5.74) is -0.454. The van der Waals surface area contributed by atoms with Crippen molar-refractivity contribution in [3.8, 4) is 0 Å². The summed E-state index contributed by atoms with van der Waals surface area (Å²) < 4.78 is 5.31. The predicted octanol–water partition coefficient (Wildman–Crippen LogP) is 1.51. The normalized spacial score (nSPS) is 30.2. The number of amides is 1. The molecule has 1 atom stereocenters. The van der Waals surface area contributed by atoms with Gasteiger partial charge in [-0.3, -0.25) is 0 Å². The lowest BCUT2D eigenvalue weighted by molar-refractivity contribution is -0.0988. The van der Waals surface area contributed by atoms with Crippen molar-refractivity contribution in [2.75, 3.05) is 6.54 Å². The number of ether oxygens (including phenoxy) is 1. The second-order valence-electron chi connectivity index (χ2n) is 4.79. The molecule has 1 rings (SSSR count). The molecule has 0 aromatic carbocycles. The molecule has 4 heteroatoms. The first-order valence-corrected chi connectivity index (χ1v) is 4.51. The number of hydrogen-bond acceptors (Lipinski definition) is 3. The molecule has 0 radical (unpaired) electrons. The molecule has 1 aliphatic rings. The van der Waals surface area contributed by atoms with Crippen LogP contribution in [0, 0.1) is 5.41 Å². The predicted molar refractivity (Wildman–Crippen MR) is 49.9 cm³/mol. The van der Waals surface area contributed by atoms with Crippen molar-refractivity contribution >= 4 is 6.09 Å². The van der Waals surface area contributed by atoms with Gasteiger partial charge in [-0.15, -0.1) is 0 Å². The van der Waals surface area contributed by atoms with Gasteiger partial charge in [-0.1, -0.05) is 20.8 Å². The molecular formula is C9H18N2O2. The van der Waals surface area contributed by atoms with Gasteiger partial charge >= 0.3 is 6.09 Å². The molecule has 1 unspecified atom stereocenters. The van der Waals surface area contributed by atoms with Crippen LogP contribution in [0.4, 0.5) is 4.79 Å². The van der Waals surface area contributed by atoms with Gasteiger partial charge in [-0.25, -0.2) is 15.6 Å². The Morgan fingerprint density at radius 2 is 2.08 bits per heavy atom. The Labute approximate surface area is 79.0 Å². The van der Waals surface area contributed by atoms with E-state index in [4.69, 9.17) is 10.6 Å². The minimum atomic E-state index is -0.427. The van der Waals surface area contributed by atoms with Crippen molar-refractivity contribution < 1.29 is 9.53 Å². The van der Waals surface area contributed by atoms with Crippen LogP contribution in [-0.2, 0) is 4.74 Å². The highest BCUT2D eigenvalue weighted by molar-refractivity contribution is 5.68. The summed E-state index contributed by atoms with van der Waals surface area (Å²) in [7, 11) is 0. The van der Waals surface area contributed by atoms with Crippen molar-refractivity contribution in [1.82, 2.24) is 5.01 Å². The molecule has 0 bridgehead atoms. The van der Waals surface area contributed by atoms with Crippen LogP contribution in [0.3, 0.4) is 0 Å². The maximum atomic E-state index is 11.2. The van der Waals surface area contributed by atoms with E-state index in [-0.39, 0.29) is 5.41 Å². The van der Waals surface area contributed by atoms with E-state index in [9.17, 15) is 4.79 Å². The van der Waals surface area contributed by atoms with E-state index in [0.717, 1.165) is 11.4 Å². The zero-order valence-electron chi connectivity index (χ0n) is 8.76. The number of nitrogens with zero attached hydrogens (tertiary/aromatic N) is 1. The van der Waals surface area contributed by atoms with Crippen LogP contribution in [0.2, 0.25) is 0 Å². The summed E-state index contributed by atoms with van der Waals surface area (Å²) in [4.78, 5) is 11.2. The molecule has 13 heavy (non-hydrogen) atoms. The summed E-state index contributed by atoms with van der Waals surface area (Å²) in [6.07, 6.45) is 0.349. The SMILES string of the molecule is CC(C)(C)C1(C)CCN(N)C(=O)O1. The average molecular weight is 186 g/mol. The average Bonchev–Trinajstić information content (AvgIpc) is 1.95. The van der Waals surface area contributed by atoms with Gasteiger partial charge in [0.25, 0.3) is 0 Å². The van der Waals surface area contributed by atoms with Gasteiger partial charge in [0.05, 0.1) is 0 Å². The second kappa shape index (κ2) is 2.87. The van der Waals surface area contributed by atoms with Crippen molar-refractivity contribution in [2.24, 2.45) is 11.3 Å². The molecule has 2 N–H and O–H groups in total. The van der Waals surface area contributed by atoms with Crippen LogP contribution in [0.25, 0.3) is 0 Å². The summed E-state index contributed by atoms with van der Waals surface area (Å²) in [6, 6.07) is 0. The van der Waals surface area contributed by atoms with Gasteiger partial charge in [0.2, 0.25) is 0 Å². The van der Waals surface area contributed by atoms with E-state index >= 15 is 0 Å². The van der Waals surface area contributed by atoms with Crippen LogP contribution in [0.5, 0.6) is 0 Å². The molecule has 0 saturated carbocycles. The Balaban J connectivity index is 2.79. The number of cyclic esters (lactones) is 1. The van der Waals surface area contributed by atoms with E-state index in [1.807, 2.05) is 6.92 Å². The maximum absolute atomic E-state index is 11.2. The van der Waals surface area contributed by atoms with Crippen LogP contribution < -0.4 is 5.84 Å². The van der Waals surface area contributed by atoms with E-state index in [2.05, 4.69) is 20.8 Å². The number of carbonyl (C=O) groups is 1. The Bertz CT molecular complexity index is 222. The van der Waals surface area contributed by atoms with Crippen LogP contribution in [0.15, 0.2) is 0 Å². The molecule has 1 aliphatic heterocycles. The Morgan fingerprint density at radius 3 is 2.46 bits per heavy atom. The van der Waals surface area contributed by atoms with Crippen LogP contribution in [0.1, 0.15) is 34.1 Å². The highest BCUT2D eigenvalue weighted by Crippen LogP contribution is 2.38. The molecule has 76 valence electrons. The maximum Gasteiger partial charge on any atom is 0.424 e. The van der Waals surface area contributed by atoms with E-state index in [1.165, 1.54) is 0 Å². The quantitative estimate of drug-likeness (QED) is 0.461. The summed E-state index contributed by atoms with van der Waals surface area (Å²) >= 11 is 0. The van der Waals surface area contributed by atoms with Gasteiger partial charge in [0.1, 0.15) is 5.60 Å². The van der Waals surface area contributed by atoms with Crippen LogP contribution in [-0.4, -0.2) is 23.2 Å². The fraction of sp³-hybridized carbons (Fsp3) is 0.889. The molecule has 0 aromatic heterocycles. The van der Waals surface area contributed by atoms with Gasteiger partial charge < -0.3 is 4.74 Å². The molecule has 1 fully saturated rings. The zero-order chi connectivity index (χ0) is 10.3. The van der Waals surface area contributed by atoms with Gasteiger partial charge in [0, 0.05) is 18.4 Å². The zero-order valence-corrected chi connectivity index (χ0v) is 8.76. The lowest BCUT2D eigenvalue weighted by atomic mass is 9.75. The third-order valence-corrected chi connectivity index (χ3v) is 2.96.